The Morgan fingerprint density at radius 3 is 2.73 bits per heavy atom. The highest BCUT2D eigenvalue weighted by Crippen LogP contribution is 2.36. The maximum atomic E-state index is 11.9. The highest BCUT2D eigenvalue weighted by molar-refractivity contribution is 7.91. The Kier molecular flexibility index (Phi) is 2.62. The first-order valence-corrected chi connectivity index (χ1v) is 7.13. The molecule has 0 aromatic carbocycles. The zero-order valence-electron chi connectivity index (χ0n) is 8.49. The van der Waals surface area contributed by atoms with Crippen LogP contribution in [-0.2, 0) is 16.6 Å². The minimum absolute atomic E-state index is 0.217. The quantitative estimate of drug-likeness (QED) is 0.833. The molecular weight excluding hydrogens is 232 g/mol. The Morgan fingerprint density at radius 2 is 2.27 bits per heavy atom. The Balaban J connectivity index is 2.21. The summed E-state index contributed by atoms with van der Waals surface area (Å²) in [6.07, 6.45) is 1.84. The first-order valence-electron chi connectivity index (χ1n) is 4.77. The molecule has 0 spiro atoms. The van der Waals surface area contributed by atoms with Crippen LogP contribution in [0.15, 0.2) is 15.7 Å². The van der Waals surface area contributed by atoms with Crippen molar-refractivity contribution in [3.63, 3.8) is 0 Å². The van der Waals surface area contributed by atoms with Crippen molar-refractivity contribution in [1.82, 2.24) is 4.72 Å². The first kappa shape index (κ1) is 11.1. The van der Waals surface area contributed by atoms with Gasteiger partial charge >= 0.3 is 0 Å². The molecule has 2 rings (SSSR count). The van der Waals surface area contributed by atoms with E-state index in [9.17, 15) is 8.42 Å². The van der Waals surface area contributed by atoms with E-state index in [0.717, 1.165) is 18.4 Å². The van der Waals surface area contributed by atoms with E-state index in [1.54, 1.807) is 11.4 Å². The van der Waals surface area contributed by atoms with Crippen molar-refractivity contribution in [2.45, 2.75) is 36.1 Å². The minimum Gasteiger partial charge on any atom is -0.326 e. The normalized spacial score (nSPS) is 19.1. The molecule has 0 atom stereocenters. The number of nitrogens with two attached hydrogens (primary N) is 1. The fourth-order valence-corrected chi connectivity index (χ4v) is 3.95. The summed E-state index contributed by atoms with van der Waals surface area (Å²) in [5, 5.41) is 1.78. The van der Waals surface area contributed by atoms with Crippen molar-refractivity contribution in [3.05, 3.63) is 17.0 Å². The number of thiophene rings is 1. The fraction of sp³-hybridized carbons (Fsp3) is 0.556. The second-order valence-electron chi connectivity index (χ2n) is 4.14. The van der Waals surface area contributed by atoms with Gasteiger partial charge in [0, 0.05) is 12.1 Å². The molecule has 1 fully saturated rings. The summed E-state index contributed by atoms with van der Waals surface area (Å²) < 4.78 is 26.8. The molecule has 0 aliphatic heterocycles. The molecule has 0 radical (unpaired) electrons. The lowest BCUT2D eigenvalue weighted by Crippen LogP contribution is -2.33. The molecular formula is C9H14N2O2S2. The first-order chi connectivity index (χ1) is 6.95. The van der Waals surface area contributed by atoms with Crippen LogP contribution >= 0.6 is 11.3 Å². The van der Waals surface area contributed by atoms with Crippen LogP contribution in [0.5, 0.6) is 0 Å². The monoisotopic (exact) mass is 246 g/mol. The summed E-state index contributed by atoms with van der Waals surface area (Å²) in [6.45, 7) is 2.30. The number of rotatable bonds is 4. The van der Waals surface area contributed by atoms with Crippen LogP contribution in [0.25, 0.3) is 0 Å². The molecule has 0 bridgehead atoms. The summed E-state index contributed by atoms with van der Waals surface area (Å²) in [4.78, 5) is 0. The molecule has 0 amide bonds. The number of sulfonamides is 1. The molecule has 0 unspecified atom stereocenters. The van der Waals surface area contributed by atoms with E-state index in [0.29, 0.717) is 10.8 Å². The van der Waals surface area contributed by atoms with E-state index in [4.69, 9.17) is 5.73 Å². The van der Waals surface area contributed by atoms with Gasteiger partial charge in [0.15, 0.2) is 0 Å². The SMILES string of the molecule is CC1(NS(=O)(=O)c2cc(CN)cs2)CC1. The standard InChI is InChI=1S/C9H14N2O2S2/c1-9(2-3-9)11-15(12,13)8-4-7(5-10)6-14-8/h4,6,11H,2-3,5,10H2,1H3. The molecule has 0 saturated heterocycles. The van der Waals surface area contributed by atoms with Crippen LogP contribution in [0.1, 0.15) is 25.3 Å². The summed E-state index contributed by atoms with van der Waals surface area (Å²) >= 11 is 1.22. The Labute approximate surface area is 93.5 Å². The summed E-state index contributed by atoms with van der Waals surface area (Å²) in [6, 6.07) is 1.64. The predicted octanol–water partition coefficient (Wildman–Crippen LogP) is 1.04. The molecule has 4 nitrogen and oxygen atoms in total. The van der Waals surface area contributed by atoms with Crippen molar-refractivity contribution in [1.29, 1.82) is 0 Å². The van der Waals surface area contributed by atoms with Crippen LogP contribution in [-0.4, -0.2) is 14.0 Å². The van der Waals surface area contributed by atoms with Crippen molar-refractivity contribution < 1.29 is 8.42 Å². The maximum Gasteiger partial charge on any atom is 0.250 e. The van der Waals surface area contributed by atoms with Crippen LogP contribution in [0.3, 0.4) is 0 Å². The molecule has 3 N–H and O–H groups in total. The second kappa shape index (κ2) is 3.55. The number of nitrogens with one attached hydrogen (secondary N) is 1. The third-order valence-corrected chi connectivity index (χ3v) is 5.64. The van der Waals surface area contributed by atoms with E-state index in [1.165, 1.54) is 11.3 Å². The van der Waals surface area contributed by atoms with Gasteiger partial charge in [-0.1, -0.05) is 0 Å². The van der Waals surface area contributed by atoms with Gasteiger partial charge in [0.05, 0.1) is 0 Å². The molecule has 15 heavy (non-hydrogen) atoms. The molecule has 1 aromatic rings. The van der Waals surface area contributed by atoms with E-state index in [2.05, 4.69) is 4.72 Å². The maximum absolute atomic E-state index is 11.9. The van der Waals surface area contributed by atoms with Gasteiger partial charge in [-0.05, 0) is 36.8 Å². The van der Waals surface area contributed by atoms with Gasteiger partial charge in [0.2, 0.25) is 0 Å². The summed E-state index contributed by atoms with van der Waals surface area (Å²) in [7, 11) is -3.33. The van der Waals surface area contributed by atoms with E-state index in [-0.39, 0.29) is 5.54 Å². The van der Waals surface area contributed by atoms with Gasteiger partial charge in [-0.2, -0.15) is 0 Å². The van der Waals surface area contributed by atoms with Gasteiger partial charge in [0.25, 0.3) is 10.0 Å². The van der Waals surface area contributed by atoms with Crippen LogP contribution in [0, 0.1) is 0 Å². The molecule has 1 heterocycles. The van der Waals surface area contributed by atoms with E-state index in [1.807, 2.05) is 6.92 Å². The van der Waals surface area contributed by atoms with Gasteiger partial charge in [-0.25, -0.2) is 13.1 Å². The highest BCUT2D eigenvalue weighted by Gasteiger charge is 2.41. The molecule has 1 aliphatic rings. The second-order valence-corrected chi connectivity index (χ2v) is 6.96. The van der Waals surface area contributed by atoms with Gasteiger partial charge in [-0.15, -0.1) is 11.3 Å². The average Bonchev–Trinajstić information content (AvgIpc) is 2.71. The zero-order valence-corrected chi connectivity index (χ0v) is 10.1. The predicted molar refractivity (Wildman–Crippen MR) is 60.2 cm³/mol. The van der Waals surface area contributed by atoms with Crippen LogP contribution in [0.2, 0.25) is 0 Å². The minimum atomic E-state index is -3.33. The topological polar surface area (TPSA) is 72.2 Å². The number of hydrogen-bond donors (Lipinski definition) is 2. The lowest BCUT2D eigenvalue weighted by molar-refractivity contribution is 0.560. The Bertz CT molecular complexity index is 460. The molecule has 1 saturated carbocycles. The van der Waals surface area contributed by atoms with Gasteiger partial charge < -0.3 is 5.73 Å². The Morgan fingerprint density at radius 1 is 1.60 bits per heavy atom. The van der Waals surface area contributed by atoms with Crippen LogP contribution in [0.4, 0.5) is 0 Å². The molecule has 6 heteroatoms. The average molecular weight is 246 g/mol. The molecule has 84 valence electrons. The van der Waals surface area contributed by atoms with Crippen molar-refractivity contribution in [2.75, 3.05) is 0 Å². The third-order valence-electron chi connectivity index (χ3n) is 2.51. The molecule has 1 aromatic heterocycles. The zero-order chi connectivity index (χ0) is 11.1. The van der Waals surface area contributed by atoms with Gasteiger partial charge in [0.1, 0.15) is 4.21 Å². The smallest absolute Gasteiger partial charge is 0.250 e. The van der Waals surface area contributed by atoms with Crippen LogP contribution < -0.4 is 10.5 Å². The summed E-state index contributed by atoms with van der Waals surface area (Å²) in [5.41, 5.74) is 6.08. The highest BCUT2D eigenvalue weighted by atomic mass is 32.2. The van der Waals surface area contributed by atoms with Crippen molar-refractivity contribution in [2.24, 2.45) is 5.73 Å². The lowest BCUT2D eigenvalue weighted by Gasteiger charge is -2.10. The lowest BCUT2D eigenvalue weighted by atomic mass is 10.4. The van der Waals surface area contributed by atoms with E-state index < -0.39 is 10.0 Å². The fourth-order valence-electron chi connectivity index (χ4n) is 1.27. The molecule has 1 aliphatic carbocycles. The summed E-state index contributed by atoms with van der Waals surface area (Å²) in [5.74, 6) is 0. The van der Waals surface area contributed by atoms with E-state index >= 15 is 0 Å². The number of hydrogen-bond acceptors (Lipinski definition) is 4. The van der Waals surface area contributed by atoms with Gasteiger partial charge in [-0.3, -0.25) is 0 Å². The third kappa shape index (κ3) is 2.39. The van der Waals surface area contributed by atoms with Crippen molar-refractivity contribution in [3.8, 4) is 0 Å². The Hall–Kier alpha value is -0.430. The largest absolute Gasteiger partial charge is 0.326 e. The van der Waals surface area contributed by atoms with Crippen molar-refractivity contribution >= 4 is 21.4 Å².